The van der Waals surface area contributed by atoms with E-state index in [1.807, 2.05) is 0 Å². The van der Waals surface area contributed by atoms with Crippen LogP contribution in [0.3, 0.4) is 0 Å². The van der Waals surface area contributed by atoms with E-state index >= 15 is 0 Å². The van der Waals surface area contributed by atoms with Crippen LogP contribution in [0.5, 0.6) is 0 Å². The first-order chi connectivity index (χ1) is 7.27. The second-order valence-electron chi connectivity index (χ2n) is 8.60. The zero-order chi connectivity index (χ0) is 13.9. The maximum atomic E-state index is 4.16. The first-order valence-corrected chi connectivity index (χ1v) is 6.90. The van der Waals surface area contributed by atoms with Crippen LogP contribution in [0, 0.1) is 27.1 Å². The lowest BCUT2D eigenvalue weighted by Gasteiger charge is -2.69. The number of rotatable bonds is 1. The second-order valence-corrected chi connectivity index (χ2v) is 8.60. The molecule has 0 radical (unpaired) electrons. The van der Waals surface area contributed by atoms with Gasteiger partial charge in [0.05, 0.1) is 0 Å². The van der Waals surface area contributed by atoms with Crippen LogP contribution in [0.1, 0.15) is 68.7 Å². The van der Waals surface area contributed by atoms with Gasteiger partial charge in [-0.3, -0.25) is 0 Å². The Hall–Kier alpha value is -0.260. The van der Waals surface area contributed by atoms with Gasteiger partial charge in [-0.2, -0.15) is 0 Å². The average molecular weight is 236 g/mol. The molecule has 1 unspecified atom stereocenters. The molecule has 0 aromatic heterocycles. The van der Waals surface area contributed by atoms with E-state index in [4.69, 9.17) is 0 Å². The third-order valence-electron chi connectivity index (χ3n) is 7.25. The third-order valence-corrected chi connectivity index (χ3v) is 7.25. The zero-order valence-electron chi connectivity index (χ0n) is 13.5. The van der Waals surface area contributed by atoms with Crippen molar-refractivity contribution in [3.63, 3.8) is 0 Å². The first kappa shape index (κ1) is 14.8. The molecule has 0 heteroatoms. The SMILES string of the molecule is C=CC1(C)C(C)(C)CC(C)(C)C(C)(C)C1(C)C. The van der Waals surface area contributed by atoms with Crippen molar-refractivity contribution in [3.05, 3.63) is 12.7 Å². The fraction of sp³-hybridized carbons (Fsp3) is 0.882. The Labute approximate surface area is 109 Å². The van der Waals surface area contributed by atoms with Gasteiger partial charge in [-0.25, -0.2) is 0 Å². The Kier molecular flexibility index (Phi) is 2.96. The molecule has 100 valence electrons. The molecule has 1 saturated carbocycles. The van der Waals surface area contributed by atoms with E-state index in [1.54, 1.807) is 0 Å². The van der Waals surface area contributed by atoms with Crippen molar-refractivity contribution in [2.75, 3.05) is 0 Å². The summed E-state index contributed by atoms with van der Waals surface area (Å²) in [7, 11) is 0. The van der Waals surface area contributed by atoms with E-state index in [2.05, 4.69) is 75.0 Å². The van der Waals surface area contributed by atoms with Crippen LogP contribution in [-0.4, -0.2) is 0 Å². The van der Waals surface area contributed by atoms with Crippen molar-refractivity contribution in [2.24, 2.45) is 27.1 Å². The van der Waals surface area contributed by atoms with Crippen LogP contribution in [0.4, 0.5) is 0 Å². The van der Waals surface area contributed by atoms with Gasteiger partial charge in [0.25, 0.3) is 0 Å². The van der Waals surface area contributed by atoms with Gasteiger partial charge < -0.3 is 0 Å². The highest BCUT2D eigenvalue weighted by atomic mass is 14.7. The Morgan fingerprint density at radius 2 is 1.12 bits per heavy atom. The highest BCUT2D eigenvalue weighted by molar-refractivity contribution is 5.19. The minimum absolute atomic E-state index is 0.166. The molecule has 0 aromatic carbocycles. The van der Waals surface area contributed by atoms with Crippen LogP contribution < -0.4 is 0 Å². The summed E-state index contributed by atoms with van der Waals surface area (Å²) in [5, 5.41) is 0. The van der Waals surface area contributed by atoms with E-state index in [-0.39, 0.29) is 16.2 Å². The van der Waals surface area contributed by atoms with Crippen molar-refractivity contribution < 1.29 is 0 Å². The molecule has 0 spiro atoms. The smallest absolute Gasteiger partial charge is 0.00415 e. The molecule has 17 heavy (non-hydrogen) atoms. The fourth-order valence-electron chi connectivity index (χ4n) is 4.38. The average Bonchev–Trinajstić information content (AvgIpc) is 2.12. The molecule has 1 fully saturated rings. The lowest BCUT2D eigenvalue weighted by atomic mass is 9.35. The topological polar surface area (TPSA) is 0 Å². The Morgan fingerprint density at radius 1 is 0.706 bits per heavy atom. The second kappa shape index (κ2) is 3.39. The van der Waals surface area contributed by atoms with Crippen molar-refractivity contribution in [1.29, 1.82) is 0 Å². The molecule has 0 amide bonds. The highest BCUT2D eigenvalue weighted by Crippen LogP contribution is 2.72. The summed E-state index contributed by atoms with van der Waals surface area (Å²) < 4.78 is 0. The first-order valence-electron chi connectivity index (χ1n) is 6.90. The number of hydrogen-bond donors (Lipinski definition) is 0. The monoisotopic (exact) mass is 236 g/mol. The summed E-state index contributed by atoms with van der Waals surface area (Å²) >= 11 is 0. The highest BCUT2D eigenvalue weighted by Gasteiger charge is 2.65. The van der Waals surface area contributed by atoms with Gasteiger partial charge in [0, 0.05) is 0 Å². The Balaban J connectivity index is 3.53. The normalized spacial score (nSPS) is 37.5. The van der Waals surface area contributed by atoms with Gasteiger partial charge in [-0.15, -0.1) is 6.58 Å². The molecule has 0 saturated heterocycles. The van der Waals surface area contributed by atoms with Crippen LogP contribution >= 0.6 is 0 Å². The fourth-order valence-corrected chi connectivity index (χ4v) is 4.38. The van der Waals surface area contributed by atoms with Crippen molar-refractivity contribution in [1.82, 2.24) is 0 Å². The third kappa shape index (κ3) is 1.48. The van der Waals surface area contributed by atoms with Gasteiger partial charge in [0.2, 0.25) is 0 Å². The zero-order valence-corrected chi connectivity index (χ0v) is 13.5. The van der Waals surface area contributed by atoms with E-state index < -0.39 is 0 Å². The maximum Gasteiger partial charge on any atom is -0.00415 e. The molecule has 1 aliphatic rings. The summed E-state index contributed by atoms with van der Waals surface area (Å²) in [5.41, 5.74) is 1.32. The summed E-state index contributed by atoms with van der Waals surface area (Å²) in [6, 6.07) is 0. The van der Waals surface area contributed by atoms with Crippen molar-refractivity contribution in [2.45, 2.75) is 68.7 Å². The van der Waals surface area contributed by atoms with Gasteiger partial charge in [-0.1, -0.05) is 68.4 Å². The van der Waals surface area contributed by atoms with Crippen LogP contribution in [0.15, 0.2) is 12.7 Å². The quantitative estimate of drug-likeness (QED) is 0.513. The largest absolute Gasteiger partial charge is 0.102 e. The minimum Gasteiger partial charge on any atom is -0.102 e. The van der Waals surface area contributed by atoms with E-state index in [0.717, 1.165) is 0 Å². The van der Waals surface area contributed by atoms with Crippen molar-refractivity contribution in [3.8, 4) is 0 Å². The predicted molar refractivity (Wildman–Crippen MR) is 78.0 cm³/mol. The molecule has 0 bridgehead atoms. The lowest BCUT2D eigenvalue weighted by molar-refractivity contribution is -0.194. The Morgan fingerprint density at radius 3 is 1.47 bits per heavy atom. The number of allylic oxidation sites excluding steroid dienone is 1. The van der Waals surface area contributed by atoms with Crippen molar-refractivity contribution >= 4 is 0 Å². The summed E-state index contributed by atoms with van der Waals surface area (Å²) in [5.74, 6) is 0. The van der Waals surface area contributed by atoms with E-state index in [1.165, 1.54) is 6.42 Å². The molecular formula is C17H32. The summed E-state index contributed by atoms with van der Waals surface area (Å²) in [4.78, 5) is 0. The van der Waals surface area contributed by atoms with E-state index in [9.17, 15) is 0 Å². The molecule has 0 heterocycles. The molecule has 1 rings (SSSR count). The van der Waals surface area contributed by atoms with Crippen LogP contribution in [0.2, 0.25) is 0 Å². The molecule has 1 aliphatic carbocycles. The Bertz CT molecular complexity index is 328. The summed E-state index contributed by atoms with van der Waals surface area (Å²) in [6.07, 6.45) is 3.46. The van der Waals surface area contributed by atoms with Gasteiger partial charge in [0.15, 0.2) is 0 Å². The van der Waals surface area contributed by atoms with Crippen LogP contribution in [0.25, 0.3) is 0 Å². The molecule has 1 atom stereocenters. The van der Waals surface area contributed by atoms with Gasteiger partial charge in [-0.05, 0) is 33.5 Å². The standard InChI is InChI=1S/C17H32/c1-11-17(10)14(4,5)12-13(2,3)15(6,7)16(17,8)9/h11H,1,12H2,2-10H3. The van der Waals surface area contributed by atoms with E-state index in [0.29, 0.717) is 10.8 Å². The minimum atomic E-state index is 0.166. The maximum absolute atomic E-state index is 4.16. The van der Waals surface area contributed by atoms with Crippen LogP contribution in [-0.2, 0) is 0 Å². The molecule has 0 aliphatic heterocycles. The van der Waals surface area contributed by atoms with Gasteiger partial charge in [0.1, 0.15) is 0 Å². The molecule has 0 aromatic rings. The van der Waals surface area contributed by atoms with Gasteiger partial charge >= 0.3 is 0 Å². The molecule has 0 nitrogen and oxygen atoms in total. The lowest BCUT2D eigenvalue weighted by Crippen LogP contribution is -2.63. The summed E-state index contributed by atoms with van der Waals surface area (Å²) in [6.45, 7) is 26.0. The molecular weight excluding hydrogens is 204 g/mol. The molecule has 0 N–H and O–H groups in total. The number of hydrogen-bond acceptors (Lipinski definition) is 0. The predicted octanol–water partition coefficient (Wildman–Crippen LogP) is 5.69.